The predicted octanol–water partition coefficient (Wildman–Crippen LogP) is 5.37. The Morgan fingerprint density at radius 1 is 0.842 bits per heavy atom. The van der Waals surface area contributed by atoms with Gasteiger partial charge in [-0.25, -0.2) is 4.79 Å². The molecule has 3 atom stereocenters. The maximum Gasteiger partial charge on any atom is 0.336 e. The van der Waals surface area contributed by atoms with Crippen LogP contribution in [0.1, 0.15) is 61.9 Å². The van der Waals surface area contributed by atoms with Crippen LogP contribution in [0.3, 0.4) is 0 Å². The molecule has 0 radical (unpaired) electrons. The number of carbonyl (C=O) groups is 2. The van der Waals surface area contributed by atoms with Crippen molar-refractivity contribution in [3.63, 3.8) is 0 Å². The van der Waals surface area contributed by atoms with Crippen LogP contribution >= 0.6 is 0 Å². The second-order valence-electron chi connectivity index (χ2n) is 9.64. The van der Waals surface area contributed by atoms with E-state index in [1.165, 1.54) is 11.6 Å². The van der Waals surface area contributed by atoms with Gasteiger partial charge in [-0.2, -0.15) is 0 Å². The Hall–Kier alpha value is -4.91. The summed E-state index contributed by atoms with van der Waals surface area (Å²) in [6.45, 7) is 2.19. The van der Waals surface area contributed by atoms with Gasteiger partial charge < -0.3 is 21.9 Å². The van der Waals surface area contributed by atoms with Crippen molar-refractivity contribution in [1.29, 1.82) is 5.41 Å². The largest absolute Gasteiger partial charge is 0.478 e. The van der Waals surface area contributed by atoms with Gasteiger partial charge in [0, 0.05) is 22.7 Å². The molecule has 0 aromatic heterocycles. The molecule has 0 bridgehead atoms. The van der Waals surface area contributed by atoms with E-state index in [2.05, 4.69) is 24.4 Å². The van der Waals surface area contributed by atoms with E-state index in [1.807, 2.05) is 60.7 Å². The molecule has 4 aromatic rings. The minimum atomic E-state index is -1.13. The lowest BCUT2D eigenvalue weighted by molar-refractivity contribution is 0.0697. The first-order valence-electron chi connectivity index (χ1n) is 12.3. The maximum atomic E-state index is 12.0. The van der Waals surface area contributed by atoms with Crippen LogP contribution in [0.25, 0.3) is 11.1 Å². The zero-order valence-corrected chi connectivity index (χ0v) is 20.8. The van der Waals surface area contributed by atoms with Gasteiger partial charge in [0.15, 0.2) is 0 Å². The molecule has 1 aliphatic heterocycles. The Morgan fingerprint density at radius 2 is 1.55 bits per heavy atom. The van der Waals surface area contributed by atoms with Crippen LogP contribution in [0.5, 0.6) is 0 Å². The number of benzene rings is 4. The summed E-state index contributed by atoms with van der Waals surface area (Å²) < 4.78 is 0. The number of nitrogen functional groups attached to an aromatic ring is 1. The van der Waals surface area contributed by atoms with Crippen LogP contribution in [0.4, 0.5) is 5.69 Å². The number of anilines is 1. The summed E-state index contributed by atoms with van der Waals surface area (Å²) in [5.74, 6) is -1.62. The highest BCUT2D eigenvalue weighted by molar-refractivity contribution is 6.01. The van der Waals surface area contributed by atoms with E-state index in [0.717, 1.165) is 22.4 Å². The molecule has 0 saturated heterocycles. The number of amides is 1. The number of carbonyl (C=O) groups excluding carboxylic acids is 1. The first-order chi connectivity index (χ1) is 18.2. The molecule has 38 heavy (non-hydrogen) atoms. The average Bonchev–Trinajstić information content (AvgIpc) is 2.92. The number of aromatic carboxylic acids is 1. The molecule has 1 heterocycles. The topological polar surface area (TPSA) is 142 Å². The molecular weight excluding hydrogens is 476 g/mol. The van der Waals surface area contributed by atoms with E-state index < -0.39 is 11.9 Å². The number of amidine groups is 1. The monoisotopic (exact) mass is 504 g/mol. The predicted molar refractivity (Wildman–Crippen MR) is 149 cm³/mol. The lowest BCUT2D eigenvalue weighted by Gasteiger charge is -2.40. The summed E-state index contributed by atoms with van der Waals surface area (Å²) in [4.78, 5) is 23.7. The molecule has 7 heteroatoms. The Balaban J connectivity index is 1.60. The van der Waals surface area contributed by atoms with Gasteiger partial charge in [0.1, 0.15) is 5.84 Å². The normalized spacial score (nSPS) is 18.2. The highest BCUT2D eigenvalue weighted by atomic mass is 16.4. The van der Waals surface area contributed by atoms with Crippen LogP contribution in [-0.2, 0) is 0 Å². The molecule has 1 aliphatic rings. The van der Waals surface area contributed by atoms with E-state index >= 15 is 0 Å². The van der Waals surface area contributed by atoms with Crippen LogP contribution in [0, 0.1) is 11.3 Å². The summed E-state index contributed by atoms with van der Waals surface area (Å²) >= 11 is 0. The number of hydrogen-bond acceptors (Lipinski definition) is 4. The number of hydrogen-bond donors (Lipinski definition) is 5. The maximum absolute atomic E-state index is 12.0. The molecule has 7 N–H and O–H groups in total. The molecule has 3 unspecified atom stereocenters. The molecule has 1 amide bonds. The summed E-state index contributed by atoms with van der Waals surface area (Å²) in [5, 5.41) is 21.4. The summed E-state index contributed by atoms with van der Waals surface area (Å²) in [6.07, 6.45) is 0. The zero-order valence-electron chi connectivity index (χ0n) is 20.8. The Labute approximate surface area is 220 Å². The molecule has 5 rings (SSSR count). The molecule has 4 aromatic carbocycles. The first-order valence-corrected chi connectivity index (χ1v) is 12.3. The third-order valence-electron chi connectivity index (χ3n) is 7.31. The minimum absolute atomic E-state index is 0.0207. The van der Waals surface area contributed by atoms with Gasteiger partial charge in [-0.3, -0.25) is 10.2 Å². The Bertz CT molecular complexity index is 1560. The summed E-state index contributed by atoms with van der Waals surface area (Å²) in [6, 6.07) is 28.3. The molecule has 7 nitrogen and oxygen atoms in total. The number of primary amides is 1. The van der Waals surface area contributed by atoms with Gasteiger partial charge in [0.25, 0.3) is 0 Å². The fourth-order valence-electron chi connectivity index (χ4n) is 5.45. The molecule has 190 valence electrons. The smallest absolute Gasteiger partial charge is 0.336 e. The standard InChI is InChI=1S/C31H28N4O3/c1-17-27(18-6-3-2-4-7-18)25-15-21(29(32)33)11-13-26(25)35-28(17)20-9-5-8-19(14-20)23-12-10-22(30(34)36)16-24(23)31(37)38/h2-17,27-28,35H,1H3,(H3,32,33)(H2,34,36)(H,37,38). The van der Waals surface area contributed by atoms with Gasteiger partial charge in [-0.1, -0.05) is 61.5 Å². The zero-order chi connectivity index (χ0) is 27.0. The van der Waals surface area contributed by atoms with Gasteiger partial charge in [0.2, 0.25) is 5.91 Å². The summed E-state index contributed by atoms with van der Waals surface area (Å²) in [5.41, 5.74) is 17.5. The third kappa shape index (κ3) is 4.50. The highest BCUT2D eigenvalue weighted by Gasteiger charge is 2.36. The van der Waals surface area contributed by atoms with Crippen molar-refractivity contribution in [2.24, 2.45) is 17.4 Å². The lowest BCUT2D eigenvalue weighted by atomic mass is 9.72. The van der Waals surface area contributed by atoms with Crippen molar-refractivity contribution < 1.29 is 14.7 Å². The average molecular weight is 505 g/mol. The molecule has 0 fully saturated rings. The van der Waals surface area contributed by atoms with E-state index in [-0.39, 0.29) is 34.8 Å². The van der Waals surface area contributed by atoms with Crippen LogP contribution in [0.15, 0.2) is 91.0 Å². The number of carboxylic acids is 1. The minimum Gasteiger partial charge on any atom is -0.478 e. The Kier molecular flexibility index (Phi) is 6.43. The molecule has 0 saturated carbocycles. The van der Waals surface area contributed by atoms with E-state index in [9.17, 15) is 14.7 Å². The first kappa shape index (κ1) is 24.8. The van der Waals surface area contributed by atoms with E-state index in [4.69, 9.17) is 16.9 Å². The van der Waals surface area contributed by atoms with Gasteiger partial charge in [-0.15, -0.1) is 0 Å². The van der Waals surface area contributed by atoms with Crippen molar-refractivity contribution >= 4 is 23.4 Å². The van der Waals surface area contributed by atoms with Crippen molar-refractivity contribution in [2.75, 3.05) is 5.32 Å². The van der Waals surface area contributed by atoms with Gasteiger partial charge >= 0.3 is 5.97 Å². The van der Waals surface area contributed by atoms with Crippen LogP contribution < -0.4 is 16.8 Å². The van der Waals surface area contributed by atoms with Crippen LogP contribution in [-0.4, -0.2) is 22.8 Å². The van der Waals surface area contributed by atoms with Crippen molar-refractivity contribution in [3.8, 4) is 11.1 Å². The second-order valence-corrected chi connectivity index (χ2v) is 9.64. The number of rotatable bonds is 6. The second kappa shape index (κ2) is 9.86. The van der Waals surface area contributed by atoms with Crippen molar-refractivity contribution in [2.45, 2.75) is 18.9 Å². The lowest BCUT2D eigenvalue weighted by Crippen LogP contribution is -2.31. The molecule has 0 aliphatic carbocycles. The highest BCUT2D eigenvalue weighted by Crippen LogP contribution is 2.48. The van der Waals surface area contributed by atoms with Gasteiger partial charge in [-0.05, 0) is 70.1 Å². The number of fused-ring (bicyclic) bond motifs is 1. The van der Waals surface area contributed by atoms with E-state index in [0.29, 0.717) is 11.1 Å². The number of nitrogens with two attached hydrogens (primary N) is 2. The number of nitrogens with one attached hydrogen (secondary N) is 2. The third-order valence-corrected chi connectivity index (χ3v) is 7.31. The van der Waals surface area contributed by atoms with Crippen LogP contribution in [0.2, 0.25) is 0 Å². The quantitative estimate of drug-likeness (QED) is 0.177. The summed E-state index contributed by atoms with van der Waals surface area (Å²) in [7, 11) is 0. The molecule has 0 spiro atoms. The van der Waals surface area contributed by atoms with Gasteiger partial charge in [0.05, 0.1) is 11.6 Å². The van der Waals surface area contributed by atoms with E-state index in [1.54, 1.807) is 12.1 Å². The van der Waals surface area contributed by atoms with Crippen molar-refractivity contribution in [1.82, 2.24) is 0 Å². The fourth-order valence-corrected chi connectivity index (χ4v) is 5.45. The SMILES string of the molecule is CC1C(c2cccc(-c3ccc(C(N)=O)cc3C(=O)O)c2)Nc2ccc(C(=N)N)cc2C1c1ccccc1. The van der Waals surface area contributed by atoms with Crippen molar-refractivity contribution in [3.05, 3.63) is 124 Å². The fraction of sp³-hybridized carbons (Fsp3) is 0.129. The Morgan fingerprint density at radius 3 is 2.24 bits per heavy atom. The molecular formula is C31H28N4O3. The number of carboxylic acid groups (broad SMARTS) is 1.